The van der Waals surface area contributed by atoms with E-state index in [1.165, 1.54) is 58.5 Å². The number of esters is 1. The number of piperidine rings is 1. The van der Waals surface area contributed by atoms with E-state index in [0.29, 0.717) is 31.7 Å². The Balaban J connectivity index is 0.855. The molecule has 7 nitrogen and oxygen atoms in total. The Hall–Kier alpha value is -5.47. The van der Waals surface area contributed by atoms with Crippen LogP contribution < -0.4 is 10.1 Å². The largest absolute Gasteiger partial charge is 0.427 e. The molecule has 61 heavy (non-hydrogen) atoms. The van der Waals surface area contributed by atoms with Gasteiger partial charge in [0.1, 0.15) is 11.8 Å². The van der Waals surface area contributed by atoms with Crippen LogP contribution in [0.1, 0.15) is 116 Å². The molecule has 1 heterocycles. The minimum Gasteiger partial charge on any atom is -0.427 e. The predicted molar refractivity (Wildman–Crippen MR) is 247 cm³/mol. The van der Waals surface area contributed by atoms with Gasteiger partial charge in [-0.2, -0.15) is 0 Å². The summed E-state index contributed by atoms with van der Waals surface area (Å²) < 4.78 is 5.27. The Bertz CT molecular complexity index is 2000. The van der Waals surface area contributed by atoms with Crippen molar-refractivity contribution in [1.29, 1.82) is 0 Å². The van der Waals surface area contributed by atoms with Crippen LogP contribution in [0.4, 0.5) is 0 Å². The number of thioether (sulfide) groups is 1. The second kappa shape index (κ2) is 24.1. The van der Waals surface area contributed by atoms with Crippen molar-refractivity contribution in [3.05, 3.63) is 173 Å². The molecule has 0 aromatic heterocycles. The fourth-order valence-electron chi connectivity index (χ4n) is 8.25. The van der Waals surface area contributed by atoms with Crippen molar-refractivity contribution in [2.24, 2.45) is 0 Å². The summed E-state index contributed by atoms with van der Waals surface area (Å²) in [6.07, 6.45) is 12.8. The minimum atomic E-state index is -0.680. The summed E-state index contributed by atoms with van der Waals surface area (Å²) in [5.74, 6) is -0.473. The van der Waals surface area contributed by atoms with E-state index in [1.54, 1.807) is 12.1 Å². The molecule has 2 amide bonds. The second-order valence-electron chi connectivity index (χ2n) is 15.9. The van der Waals surface area contributed by atoms with Crippen LogP contribution in [0.3, 0.4) is 0 Å². The standard InChI is InChI=1S/C53H60N2O5S/c56-49(60-47-37-35-43(36-38-47)50(57)52(59)55-40-21-20-33-48(55)51(58)54-39-23-26-42-24-11-7-12-25-42)34-19-5-3-1-2-4-6-22-41-61-53(44-27-13-8-14-28-44,45-29-15-9-16-30-45)46-31-17-10-18-32-46/h7-18,24-25,27-32,35-38,48H,1-6,19-23,26,33-34,39-41H2,(H,54,58)/t48-/m0/s1. The highest BCUT2D eigenvalue weighted by Gasteiger charge is 2.37. The molecule has 318 valence electrons. The molecule has 1 aliphatic rings. The zero-order chi connectivity index (χ0) is 42.5. The SMILES string of the molecule is O=C(CCCCCCCCCCSC(c1ccccc1)(c1ccccc1)c1ccccc1)Oc1ccc(C(=O)C(=O)N2CCCC[C@H]2C(=O)NCCCc2ccccc2)cc1. The molecule has 6 rings (SSSR count). The van der Waals surface area contributed by atoms with Crippen molar-refractivity contribution in [1.82, 2.24) is 10.2 Å². The Morgan fingerprint density at radius 1 is 0.607 bits per heavy atom. The topological polar surface area (TPSA) is 92.8 Å². The summed E-state index contributed by atoms with van der Waals surface area (Å²) in [4.78, 5) is 53.7. The lowest BCUT2D eigenvalue weighted by molar-refractivity contribution is -0.138. The third-order valence-electron chi connectivity index (χ3n) is 11.5. The first-order valence-electron chi connectivity index (χ1n) is 22.2. The molecule has 1 fully saturated rings. The Labute approximate surface area is 366 Å². The number of benzene rings is 5. The lowest BCUT2D eigenvalue weighted by Gasteiger charge is -2.35. The van der Waals surface area contributed by atoms with Gasteiger partial charge in [0.25, 0.3) is 5.91 Å². The molecule has 1 saturated heterocycles. The van der Waals surface area contributed by atoms with Crippen LogP contribution in [0.2, 0.25) is 0 Å². The number of Topliss-reactive ketones (excluding diaryl/α,β-unsaturated/α-hetero) is 1. The van der Waals surface area contributed by atoms with E-state index in [9.17, 15) is 19.2 Å². The van der Waals surface area contributed by atoms with Crippen molar-refractivity contribution < 1.29 is 23.9 Å². The van der Waals surface area contributed by atoms with Crippen LogP contribution in [0.25, 0.3) is 0 Å². The molecule has 0 spiro atoms. The van der Waals surface area contributed by atoms with Gasteiger partial charge in [-0.1, -0.05) is 160 Å². The van der Waals surface area contributed by atoms with Gasteiger partial charge in [-0.05, 0) is 97.2 Å². The molecule has 5 aromatic carbocycles. The van der Waals surface area contributed by atoms with E-state index in [0.717, 1.165) is 63.5 Å². The smallest absolute Gasteiger partial charge is 0.311 e. The molecular formula is C53H60N2O5S. The normalized spacial score (nSPS) is 14.0. The number of amides is 2. The number of aryl methyl sites for hydroxylation is 1. The van der Waals surface area contributed by atoms with E-state index in [-0.39, 0.29) is 22.2 Å². The van der Waals surface area contributed by atoms with Gasteiger partial charge in [-0.15, -0.1) is 11.8 Å². The van der Waals surface area contributed by atoms with E-state index in [4.69, 9.17) is 4.74 Å². The first kappa shape index (κ1) is 45.1. The zero-order valence-electron chi connectivity index (χ0n) is 35.4. The first-order chi connectivity index (χ1) is 30.0. The summed E-state index contributed by atoms with van der Waals surface area (Å²) >= 11 is 2.03. The molecule has 1 atom stereocenters. The number of hydrogen-bond donors (Lipinski definition) is 1. The monoisotopic (exact) mass is 836 g/mol. The van der Waals surface area contributed by atoms with Crippen LogP contribution in [-0.4, -0.2) is 53.4 Å². The highest BCUT2D eigenvalue weighted by Crippen LogP contribution is 2.48. The van der Waals surface area contributed by atoms with Crippen LogP contribution in [0.5, 0.6) is 5.75 Å². The number of likely N-dealkylation sites (tertiary alicyclic amines) is 1. The van der Waals surface area contributed by atoms with E-state index in [1.807, 2.05) is 30.0 Å². The lowest BCUT2D eigenvalue weighted by Crippen LogP contribution is -2.53. The number of nitrogens with zero attached hydrogens (tertiary/aromatic N) is 1. The molecule has 0 bridgehead atoms. The summed E-state index contributed by atoms with van der Waals surface area (Å²) in [5.41, 5.74) is 5.32. The fourth-order valence-corrected chi connectivity index (χ4v) is 9.81. The summed E-state index contributed by atoms with van der Waals surface area (Å²) in [5, 5.41) is 2.97. The number of nitrogens with one attached hydrogen (secondary N) is 1. The van der Waals surface area contributed by atoms with E-state index >= 15 is 0 Å². The van der Waals surface area contributed by atoms with Crippen LogP contribution in [-0.2, 0) is 25.6 Å². The average Bonchev–Trinajstić information content (AvgIpc) is 3.32. The van der Waals surface area contributed by atoms with Gasteiger partial charge in [0.15, 0.2) is 0 Å². The maximum Gasteiger partial charge on any atom is 0.311 e. The molecule has 8 heteroatoms. The number of carbonyl (C=O) groups is 4. The van der Waals surface area contributed by atoms with Crippen LogP contribution >= 0.6 is 11.8 Å². The van der Waals surface area contributed by atoms with Gasteiger partial charge >= 0.3 is 5.97 Å². The molecular weight excluding hydrogens is 777 g/mol. The maximum atomic E-state index is 13.3. The molecule has 0 radical (unpaired) electrons. The summed E-state index contributed by atoms with van der Waals surface area (Å²) in [6.45, 7) is 0.868. The first-order valence-corrected chi connectivity index (χ1v) is 23.2. The van der Waals surface area contributed by atoms with Crippen molar-refractivity contribution in [2.45, 2.75) is 101 Å². The van der Waals surface area contributed by atoms with Crippen molar-refractivity contribution >= 4 is 35.3 Å². The lowest BCUT2D eigenvalue weighted by atomic mass is 9.84. The third-order valence-corrected chi connectivity index (χ3v) is 13.2. The number of unbranched alkanes of at least 4 members (excludes halogenated alkanes) is 7. The Morgan fingerprint density at radius 3 is 1.70 bits per heavy atom. The Morgan fingerprint density at radius 2 is 1.13 bits per heavy atom. The highest BCUT2D eigenvalue weighted by molar-refractivity contribution is 8.00. The summed E-state index contributed by atoms with van der Waals surface area (Å²) in [7, 11) is 0. The van der Waals surface area contributed by atoms with E-state index in [2.05, 4.69) is 108 Å². The fraction of sp³-hybridized carbons (Fsp3) is 0.358. The molecule has 1 N–H and O–H groups in total. The predicted octanol–water partition coefficient (Wildman–Crippen LogP) is 11.1. The zero-order valence-corrected chi connectivity index (χ0v) is 36.2. The number of ketones is 1. The molecule has 0 aliphatic carbocycles. The molecule has 1 aliphatic heterocycles. The van der Waals surface area contributed by atoms with Crippen LogP contribution in [0, 0.1) is 0 Å². The van der Waals surface area contributed by atoms with Gasteiger partial charge < -0.3 is 15.0 Å². The minimum absolute atomic E-state index is 0.204. The van der Waals surface area contributed by atoms with Crippen LogP contribution in [0.15, 0.2) is 146 Å². The van der Waals surface area contributed by atoms with E-state index < -0.39 is 17.7 Å². The maximum absolute atomic E-state index is 13.3. The molecule has 0 unspecified atom stereocenters. The summed E-state index contributed by atoms with van der Waals surface area (Å²) in [6, 6.07) is 48.2. The third kappa shape index (κ3) is 13.0. The highest BCUT2D eigenvalue weighted by atomic mass is 32.2. The average molecular weight is 837 g/mol. The van der Waals surface area contributed by atoms with Gasteiger partial charge in [0, 0.05) is 25.1 Å². The Kier molecular flexibility index (Phi) is 17.8. The van der Waals surface area contributed by atoms with Gasteiger partial charge in [0.2, 0.25) is 11.7 Å². The number of carbonyl (C=O) groups excluding carboxylic acids is 4. The van der Waals surface area contributed by atoms with Crippen molar-refractivity contribution in [3.8, 4) is 5.75 Å². The number of hydrogen-bond acceptors (Lipinski definition) is 6. The quantitative estimate of drug-likeness (QED) is 0.0176. The second-order valence-corrected chi connectivity index (χ2v) is 17.2. The van der Waals surface area contributed by atoms with Gasteiger partial charge in [-0.25, -0.2) is 0 Å². The van der Waals surface area contributed by atoms with Crippen molar-refractivity contribution in [2.75, 3.05) is 18.8 Å². The van der Waals surface area contributed by atoms with Gasteiger partial charge in [-0.3, -0.25) is 19.2 Å². The van der Waals surface area contributed by atoms with Crippen molar-refractivity contribution in [3.63, 3.8) is 0 Å². The molecule has 5 aromatic rings. The number of ether oxygens (including phenoxy) is 1. The van der Waals surface area contributed by atoms with Gasteiger partial charge in [0.05, 0.1) is 4.75 Å². The number of rotatable bonds is 23. The molecule has 0 saturated carbocycles.